The summed E-state index contributed by atoms with van der Waals surface area (Å²) < 4.78 is 6.61. The average molecular weight is 876 g/mol. The Labute approximate surface area is 391 Å². The number of hydrogen-bond donors (Lipinski definition) is 1. The molecule has 1 atom stereocenters. The Morgan fingerprint density at radius 1 is 0.569 bits per heavy atom. The van der Waals surface area contributed by atoms with Gasteiger partial charge >= 0.3 is 0 Å². The lowest BCUT2D eigenvalue weighted by molar-refractivity contribution is 0.402. The summed E-state index contributed by atoms with van der Waals surface area (Å²) in [7, 11) is 0. The minimum absolute atomic E-state index is 0.0509. The van der Waals surface area contributed by atoms with Crippen molar-refractivity contribution in [2.45, 2.75) is 97.9 Å². The number of aromatic nitrogens is 3. The van der Waals surface area contributed by atoms with Gasteiger partial charge in [0.05, 0.1) is 17.2 Å². The maximum atomic E-state index is 7.35. The highest BCUT2D eigenvalue weighted by Gasteiger charge is 2.28. The van der Waals surface area contributed by atoms with E-state index in [1.54, 1.807) is 0 Å². The number of nitrogens with two attached hydrogens (primary N) is 1. The van der Waals surface area contributed by atoms with E-state index in [0.717, 1.165) is 93.1 Å². The van der Waals surface area contributed by atoms with Crippen LogP contribution in [0.15, 0.2) is 162 Å². The highest BCUT2D eigenvalue weighted by Crippen LogP contribution is 2.49. The number of fused-ring (bicyclic) bond motifs is 1. The van der Waals surface area contributed by atoms with Crippen molar-refractivity contribution in [1.82, 2.24) is 15.0 Å². The van der Waals surface area contributed by atoms with Crippen LogP contribution in [0.3, 0.4) is 0 Å². The maximum absolute atomic E-state index is 7.35. The van der Waals surface area contributed by atoms with Gasteiger partial charge in [-0.05, 0) is 119 Å². The standard InChI is InChI=1S/C57H61N7S/c1-9-11-18-43(10-2)64-55-50(39-23-31-46(32-24-39)62(44-19-14-12-15-20-44)48-35-27-41(28-36-48)56(3,4)5)52(58)53(60-65)51(54(55)59-61-64)40-25-33-47(34-26-40)63(45-21-16-13-17-22-45)49-37-29-42(30-38-49)57(6,7)8/h12-17,19-38,43H,9-11,18,58H2,1-8H3. The number of hydrogen-bond acceptors (Lipinski definition) is 7. The van der Waals surface area contributed by atoms with Crippen molar-refractivity contribution < 1.29 is 0 Å². The number of nitrogens with zero attached hydrogens (tertiary/aromatic N) is 6. The number of benzene rings is 7. The van der Waals surface area contributed by atoms with Crippen LogP contribution in [-0.2, 0) is 23.3 Å². The molecule has 0 amide bonds. The fourth-order valence-corrected chi connectivity index (χ4v) is 9.06. The average Bonchev–Trinajstić information content (AvgIpc) is 3.74. The van der Waals surface area contributed by atoms with Gasteiger partial charge < -0.3 is 15.5 Å². The normalized spacial score (nSPS) is 12.3. The second kappa shape index (κ2) is 18.8. The molecule has 0 saturated heterocycles. The molecule has 1 heterocycles. The van der Waals surface area contributed by atoms with Crippen LogP contribution in [-0.4, -0.2) is 15.0 Å². The molecule has 1 aromatic heterocycles. The molecule has 0 bridgehead atoms. The SMILES string of the molecule is CCCCC(CC)n1nnc2c(-c3ccc(N(c4ccccc4)c4ccc(C(C)(C)C)cc4)cc3)c(N=S)c(N)c(-c3ccc(N(c4ccccc4)c4ccc(C(C)(C)C)cc4)cc3)c21. The lowest BCUT2D eigenvalue weighted by Gasteiger charge is -2.27. The third-order valence-electron chi connectivity index (χ3n) is 12.6. The molecular weight excluding hydrogens is 815 g/mol. The number of anilines is 7. The molecule has 0 fully saturated rings. The van der Waals surface area contributed by atoms with Crippen molar-refractivity contribution in [3.05, 3.63) is 169 Å². The first kappa shape index (κ1) is 44.9. The number of nitrogen functional groups attached to an aromatic ring is 1. The molecule has 0 saturated carbocycles. The van der Waals surface area contributed by atoms with Gasteiger partial charge in [0.1, 0.15) is 11.2 Å². The van der Waals surface area contributed by atoms with Crippen LogP contribution in [0.5, 0.6) is 0 Å². The molecule has 65 heavy (non-hydrogen) atoms. The zero-order chi connectivity index (χ0) is 45.9. The van der Waals surface area contributed by atoms with E-state index in [2.05, 4.69) is 226 Å². The summed E-state index contributed by atoms with van der Waals surface area (Å²) in [6.45, 7) is 17.9. The predicted octanol–water partition coefficient (Wildman–Crippen LogP) is 16.4. The molecule has 0 spiro atoms. The van der Waals surface area contributed by atoms with Crippen molar-refractivity contribution in [2.24, 2.45) is 4.36 Å². The van der Waals surface area contributed by atoms with Crippen molar-refractivity contribution in [1.29, 1.82) is 0 Å². The van der Waals surface area contributed by atoms with Gasteiger partial charge in [-0.15, -0.1) is 5.10 Å². The Balaban J connectivity index is 1.26. The van der Waals surface area contributed by atoms with Crippen LogP contribution >= 0.6 is 0 Å². The van der Waals surface area contributed by atoms with Crippen molar-refractivity contribution in [3.63, 3.8) is 0 Å². The van der Waals surface area contributed by atoms with Crippen molar-refractivity contribution in [2.75, 3.05) is 15.5 Å². The predicted molar refractivity (Wildman–Crippen MR) is 278 cm³/mol. The molecule has 0 aliphatic carbocycles. The largest absolute Gasteiger partial charge is 0.396 e. The Kier molecular flexibility index (Phi) is 13.0. The molecule has 0 radical (unpaired) electrons. The van der Waals surface area contributed by atoms with E-state index in [-0.39, 0.29) is 16.9 Å². The lowest BCUT2D eigenvalue weighted by Crippen LogP contribution is -2.13. The first-order chi connectivity index (χ1) is 31.3. The van der Waals surface area contributed by atoms with Gasteiger partial charge in [-0.3, -0.25) is 0 Å². The minimum Gasteiger partial charge on any atom is -0.396 e. The van der Waals surface area contributed by atoms with E-state index >= 15 is 0 Å². The molecular formula is C57H61N7S. The molecule has 2 N–H and O–H groups in total. The topological polar surface area (TPSA) is 75.6 Å². The molecule has 8 rings (SSSR count). The quantitative estimate of drug-likeness (QED) is 0.110. The van der Waals surface area contributed by atoms with Gasteiger partial charge in [0.2, 0.25) is 0 Å². The van der Waals surface area contributed by atoms with E-state index < -0.39 is 0 Å². The third-order valence-corrected chi connectivity index (χ3v) is 12.8. The summed E-state index contributed by atoms with van der Waals surface area (Å²) in [6, 6.07) is 56.0. The summed E-state index contributed by atoms with van der Waals surface area (Å²) in [5, 5.41) is 9.90. The molecule has 0 aliphatic heterocycles. The third kappa shape index (κ3) is 9.18. The molecule has 8 aromatic rings. The van der Waals surface area contributed by atoms with Gasteiger partial charge in [-0.25, -0.2) is 4.68 Å². The summed E-state index contributed by atoms with van der Waals surface area (Å²) in [6.07, 6.45) is 4.05. The fourth-order valence-electron chi connectivity index (χ4n) is 8.87. The van der Waals surface area contributed by atoms with Crippen LogP contribution in [0, 0.1) is 0 Å². The first-order valence-corrected chi connectivity index (χ1v) is 23.3. The molecule has 330 valence electrons. The second-order valence-electron chi connectivity index (χ2n) is 19.1. The van der Waals surface area contributed by atoms with Gasteiger partial charge in [-0.1, -0.05) is 158 Å². The van der Waals surface area contributed by atoms with E-state index in [1.165, 1.54) is 11.1 Å². The van der Waals surface area contributed by atoms with Crippen LogP contribution in [0.2, 0.25) is 0 Å². The zero-order valence-corrected chi connectivity index (χ0v) is 39.9. The van der Waals surface area contributed by atoms with Gasteiger partial charge in [0, 0.05) is 57.7 Å². The monoisotopic (exact) mass is 875 g/mol. The summed E-state index contributed by atoms with van der Waals surface area (Å²) in [4.78, 5) is 4.57. The van der Waals surface area contributed by atoms with Crippen molar-refractivity contribution >= 4 is 69.0 Å². The molecule has 7 nitrogen and oxygen atoms in total. The summed E-state index contributed by atoms with van der Waals surface area (Å²) >= 11 is 5.61. The van der Waals surface area contributed by atoms with E-state index in [4.69, 9.17) is 28.5 Å². The zero-order valence-electron chi connectivity index (χ0n) is 39.1. The number of para-hydroxylation sites is 2. The van der Waals surface area contributed by atoms with E-state index in [1.807, 2.05) is 6.07 Å². The number of rotatable bonds is 14. The Hall–Kier alpha value is -6.64. The highest BCUT2D eigenvalue weighted by atomic mass is 32.1. The lowest BCUT2D eigenvalue weighted by atomic mass is 9.87. The van der Waals surface area contributed by atoms with E-state index in [0.29, 0.717) is 11.4 Å². The smallest absolute Gasteiger partial charge is 0.124 e. The van der Waals surface area contributed by atoms with Gasteiger partial charge in [0.25, 0.3) is 0 Å². The van der Waals surface area contributed by atoms with Crippen LogP contribution in [0.4, 0.5) is 45.5 Å². The molecule has 0 aliphatic rings. The van der Waals surface area contributed by atoms with E-state index in [9.17, 15) is 0 Å². The first-order valence-electron chi connectivity index (χ1n) is 23.0. The highest BCUT2D eigenvalue weighted by molar-refractivity contribution is 7.47. The Bertz CT molecular complexity index is 2860. The molecule has 1 unspecified atom stereocenters. The second-order valence-corrected chi connectivity index (χ2v) is 19.3. The summed E-state index contributed by atoms with van der Waals surface area (Å²) in [5.41, 5.74) is 22.5. The van der Waals surface area contributed by atoms with Crippen molar-refractivity contribution in [3.8, 4) is 22.3 Å². The van der Waals surface area contributed by atoms with Crippen LogP contribution in [0.1, 0.15) is 98.2 Å². The maximum Gasteiger partial charge on any atom is 0.124 e. The molecule has 7 aromatic carbocycles. The fraction of sp³-hybridized carbons (Fsp3) is 0.263. The number of unbranched alkanes of at least 4 members (excludes halogenated alkanes) is 1. The van der Waals surface area contributed by atoms with Gasteiger partial charge in [-0.2, -0.15) is 4.36 Å². The van der Waals surface area contributed by atoms with Crippen LogP contribution in [0.25, 0.3) is 33.3 Å². The molecule has 8 heteroatoms. The summed E-state index contributed by atoms with van der Waals surface area (Å²) in [5.74, 6) is 0. The van der Waals surface area contributed by atoms with Crippen LogP contribution < -0.4 is 15.5 Å². The van der Waals surface area contributed by atoms with Gasteiger partial charge in [0.15, 0.2) is 0 Å². The minimum atomic E-state index is 0.0509. The Morgan fingerprint density at radius 3 is 1.35 bits per heavy atom. The Morgan fingerprint density at radius 2 is 0.969 bits per heavy atom.